The molecule has 0 fully saturated rings. The maximum atomic E-state index is 11.9. The third kappa shape index (κ3) is 5.45. The summed E-state index contributed by atoms with van der Waals surface area (Å²) < 4.78 is 10.5. The molecule has 0 atom stereocenters. The Morgan fingerprint density at radius 2 is 1.85 bits per heavy atom. The van der Waals surface area contributed by atoms with E-state index in [1.54, 1.807) is 12.1 Å². The predicted molar refractivity (Wildman–Crippen MR) is 101 cm³/mol. The average Bonchev–Trinajstić information content (AvgIpc) is 2.61. The average molecular weight is 374 g/mol. The topological polar surface area (TPSA) is 96.9 Å². The Kier molecular flexibility index (Phi) is 6.51. The molecule has 26 heavy (non-hydrogen) atoms. The second-order valence-corrected chi connectivity index (χ2v) is 5.73. The van der Waals surface area contributed by atoms with Gasteiger partial charge in [-0.05, 0) is 49.5 Å². The molecule has 2 aromatic rings. The van der Waals surface area contributed by atoms with Crippen molar-refractivity contribution in [3.05, 3.63) is 53.6 Å². The van der Waals surface area contributed by atoms with E-state index in [0.29, 0.717) is 17.2 Å². The van der Waals surface area contributed by atoms with E-state index in [1.807, 2.05) is 19.1 Å². The molecule has 0 aliphatic rings. The van der Waals surface area contributed by atoms with Crippen LogP contribution in [0, 0.1) is 6.92 Å². The molecule has 0 aliphatic carbocycles. The number of carboxylic acids is 1. The van der Waals surface area contributed by atoms with Gasteiger partial charge in [0.2, 0.25) is 0 Å². The molecular formula is C18H18N2O5S. The van der Waals surface area contributed by atoms with E-state index < -0.39 is 11.9 Å². The van der Waals surface area contributed by atoms with Crippen LogP contribution in [0.15, 0.2) is 42.5 Å². The minimum absolute atomic E-state index is 0.00310. The second kappa shape index (κ2) is 8.82. The number of methoxy groups -OCH3 is 1. The molecule has 136 valence electrons. The van der Waals surface area contributed by atoms with Crippen LogP contribution in [0.1, 0.15) is 15.9 Å². The van der Waals surface area contributed by atoms with Gasteiger partial charge in [-0.15, -0.1) is 0 Å². The first kappa shape index (κ1) is 19.2. The molecule has 3 N–H and O–H groups in total. The van der Waals surface area contributed by atoms with Crippen LogP contribution in [0.2, 0.25) is 0 Å². The molecule has 0 unspecified atom stereocenters. The number of carbonyl (C=O) groups is 2. The van der Waals surface area contributed by atoms with Gasteiger partial charge in [0.05, 0.1) is 18.4 Å². The maximum Gasteiger partial charge on any atom is 0.335 e. The second-order valence-electron chi connectivity index (χ2n) is 5.32. The van der Waals surface area contributed by atoms with Crippen molar-refractivity contribution < 1.29 is 24.2 Å². The molecule has 0 aromatic heterocycles. The smallest absolute Gasteiger partial charge is 0.335 e. The fraction of sp³-hybridized carbons (Fsp3) is 0.167. The zero-order valence-corrected chi connectivity index (χ0v) is 15.1. The van der Waals surface area contributed by atoms with E-state index >= 15 is 0 Å². The third-order valence-corrected chi connectivity index (χ3v) is 3.54. The van der Waals surface area contributed by atoms with Crippen LogP contribution in [0.5, 0.6) is 11.5 Å². The Morgan fingerprint density at radius 3 is 2.46 bits per heavy atom. The highest BCUT2D eigenvalue weighted by Gasteiger charge is 2.12. The van der Waals surface area contributed by atoms with E-state index in [0.717, 1.165) is 5.56 Å². The third-order valence-electron chi connectivity index (χ3n) is 3.34. The first-order chi connectivity index (χ1) is 12.4. The number of carbonyl (C=O) groups excluding carboxylic acids is 1. The molecule has 2 rings (SSSR count). The Balaban J connectivity index is 1.93. The van der Waals surface area contributed by atoms with Crippen LogP contribution in [0.25, 0.3) is 0 Å². The van der Waals surface area contributed by atoms with Gasteiger partial charge in [0, 0.05) is 0 Å². The molecule has 0 spiro atoms. The molecule has 0 saturated carbocycles. The summed E-state index contributed by atoms with van der Waals surface area (Å²) in [7, 11) is 1.44. The minimum Gasteiger partial charge on any atom is -0.495 e. The Morgan fingerprint density at radius 1 is 1.15 bits per heavy atom. The number of nitrogens with one attached hydrogen (secondary N) is 2. The number of aryl methyl sites for hydroxylation is 1. The predicted octanol–water partition coefficient (Wildman–Crippen LogP) is 2.59. The molecule has 0 bridgehead atoms. The van der Waals surface area contributed by atoms with Gasteiger partial charge in [-0.1, -0.05) is 17.7 Å². The van der Waals surface area contributed by atoms with Gasteiger partial charge in [-0.25, -0.2) is 4.79 Å². The number of ether oxygens (including phenoxy) is 2. The van der Waals surface area contributed by atoms with Crippen LogP contribution in [-0.2, 0) is 4.79 Å². The van der Waals surface area contributed by atoms with Crippen LogP contribution < -0.4 is 20.1 Å². The van der Waals surface area contributed by atoms with Gasteiger partial charge in [-0.3, -0.25) is 10.1 Å². The standard InChI is InChI=1S/C18H18N2O5S/c1-11-3-6-13(7-4-11)25-10-16(21)20-18(26)19-14-9-12(17(22)23)5-8-15(14)24-2/h3-9H,10H2,1-2H3,(H,22,23)(H2,19,20,21,26). The number of aromatic carboxylic acids is 1. The highest BCUT2D eigenvalue weighted by atomic mass is 32.1. The fourth-order valence-corrected chi connectivity index (χ4v) is 2.26. The van der Waals surface area contributed by atoms with Crippen molar-refractivity contribution >= 4 is 34.9 Å². The molecular weight excluding hydrogens is 356 g/mol. The first-order valence-electron chi connectivity index (χ1n) is 7.60. The quantitative estimate of drug-likeness (QED) is 0.669. The van der Waals surface area contributed by atoms with Gasteiger partial charge in [0.1, 0.15) is 11.5 Å². The van der Waals surface area contributed by atoms with Crippen LogP contribution >= 0.6 is 12.2 Å². The highest BCUT2D eigenvalue weighted by Crippen LogP contribution is 2.25. The lowest BCUT2D eigenvalue weighted by molar-refractivity contribution is -0.121. The first-order valence-corrected chi connectivity index (χ1v) is 8.01. The molecule has 0 heterocycles. The SMILES string of the molecule is COc1ccc(C(=O)O)cc1NC(=S)NC(=O)COc1ccc(C)cc1. The molecule has 0 radical (unpaired) electrons. The Hall–Kier alpha value is -3.13. The number of hydrogen-bond acceptors (Lipinski definition) is 5. The summed E-state index contributed by atoms with van der Waals surface area (Å²) in [6.45, 7) is 1.74. The van der Waals surface area contributed by atoms with Gasteiger partial charge in [0.25, 0.3) is 5.91 Å². The number of thiocarbonyl (C=S) groups is 1. The summed E-state index contributed by atoms with van der Waals surface area (Å²) in [6, 6.07) is 11.5. The number of rotatable bonds is 6. The monoisotopic (exact) mass is 374 g/mol. The van der Waals surface area contributed by atoms with Gasteiger partial charge in [-0.2, -0.15) is 0 Å². The van der Waals surface area contributed by atoms with Crippen LogP contribution in [-0.4, -0.2) is 35.8 Å². The van der Waals surface area contributed by atoms with E-state index in [2.05, 4.69) is 10.6 Å². The zero-order valence-electron chi connectivity index (χ0n) is 14.2. The van der Waals surface area contributed by atoms with Crippen molar-refractivity contribution in [1.82, 2.24) is 5.32 Å². The van der Waals surface area contributed by atoms with Crippen molar-refractivity contribution in [3.63, 3.8) is 0 Å². The van der Waals surface area contributed by atoms with Gasteiger partial charge >= 0.3 is 5.97 Å². The van der Waals surface area contributed by atoms with Gasteiger partial charge in [0.15, 0.2) is 11.7 Å². The summed E-state index contributed by atoms with van der Waals surface area (Å²) in [6.07, 6.45) is 0. The van der Waals surface area contributed by atoms with E-state index in [1.165, 1.54) is 25.3 Å². The van der Waals surface area contributed by atoms with E-state index in [-0.39, 0.29) is 17.3 Å². The summed E-state index contributed by atoms with van der Waals surface area (Å²) in [5, 5.41) is 14.3. The number of hydrogen-bond donors (Lipinski definition) is 3. The normalized spacial score (nSPS) is 9.92. The van der Waals surface area contributed by atoms with Crippen molar-refractivity contribution in [2.24, 2.45) is 0 Å². The number of amides is 1. The summed E-state index contributed by atoms with van der Waals surface area (Å²) >= 11 is 5.08. The number of benzene rings is 2. The van der Waals surface area contributed by atoms with E-state index in [9.17, 15) is 9.59 Å². The lowest BCUT2D eigenvalue weighted by atomic mass is 10.2. The van der Waals surface area contributed by atoms with Crippen LogP contribution in [0.3, 0.4) is 0 Å². The fourth-order valence-electron chi connectivity index (χ4n) is 2.04. The summed E-state index contributed by atoms with van der Waals surface area (Å²) in [5.74, 6) is -0.573. The molecule has 7 nitrogen and oxygen atoms in total. The molecule has 0 saturated heterocycles. The number of carboxylic acid groups (broad SMARTS) is 1. The Bertz CT molecular complexity index is 821. The van der Waals surface area contributed by atoms with E-state index in [4.69, 9.17) is 26.8 Å². The molecule has 2 aromatic carbocycles. The lowest BCUT2D eigenvalue weighted by Crippen LogP contribution is -2.37. The lowest BCUT2D eigenvalue weighted by Gasteiger charge is -2.13. The molecule has 8 heteroatoms. The van der Waals surface area contributed by atoms with Crippen molar-refractivity contribution in [1.29, 1.82) is 0 Å². The van der Waals surface area contributed by atoms with Crippen molar-refractivity contribution in [2.45, 2.75) is 6.92 Å². The Labute approximate surface area is 155 Å². The van der Waals surface area contributed by atoms with Crippen molar-refractivity contribution in [2.75, 3.05) is 19.0 Å². The van der Waals surface area contributed by atoms with Crippen molar-refractivity contribution in [3.8, 4) is 11.5 Å². The highest BCUT2D eigenvalue weighted by molar-refractivity contribution is 7.80. The summed E-state index contributed by atoms with van der Waals surface area (Å²) in [4.78, 5) is 23.0. The van der Waals surface area contributed by atoms with Crippen LogP contribution in [0.4, 0.5) is 5.69 Å². The minimum atomic E-state index is -1.09. The zero-order chi connectivity index (χ0) is 19.1. The number of anilines is 1. The summed E-state index contributed by atoms with van der Waals surface area (Å²) in [5.41, 5.74) is 1.48. The van der Waals surface area contributed by atoms with Gasteiger partial charge < -0.3 is 19.9 Å². The molecule has 0 aliphatic heterocycles. The maximum absolute atomic E-state index is 11.9. The largest absolute Gasteiger partial charge is 0.495 e. The molecule has 1 amide bonds.